The zero-order valence-electron chi connectivity index (χ0n) is 27.1. The van der Waals surface area contributed by atoms with Gasteiger partial charge in [0.1, 0.15) is 17.2 Å². The molecule has 0 bridgehead atoms. The summed E-state index contributed by atoms with van der Waals surface area (Å²) in [4.78, 5) is 61.7. The number of amides is 4. The Balaban J connectivity index is 1.49. The normalized spacial score (nSPS) is 27.2. The number of hydrogen-bond donors (Lipinski definition) is 2. The zero-order chi connectivity index (χ0) is 36.7. The maximum atomic E-state index is 15.2. The van der Waals surface area contributed by atoms with Crippen molar-refractivity contribution in [2.75, 3.05) is 26.7 Å². The Morgan fingerprint density at radius 1 is 0.980 bits per heavy atom. The molecule has 0 unspecified atom stereocenters. The number of hydrazine groups is 1. The van der Waals surface area contributed by atoms with Crippen LogP contribution >= 0.6 is 23.2 Å². The Bertz CT molecular complexity index is 2040. The van der Waals surface area contributed by atoms with Crippen LogP contribution in [0.5, 0.6) is 17.2 Å². The van der Waals surface area contributed by atoms with E-state index >= 15 is 4.79 Å². The molecule has 4 aliphatic rings. The third-order valence-electron chi connectivity index (χ3n) is 10.6. The summed E-state index contributed by atoms with van der Waals surface area (Å²) < 4.78 is 51.4. The molecule has 4 amide bonds. The lowest BCUT2D eigenvalue weighted by Gasteiger charge is -2.50. The van der Waals surface area contributed by atoms with E-state index in [4.69, 9.17) is 32.7 Å². The van der Waals surface area contributed by atoms with Gasteiger partial charge in [0.2, 0.25) is 11.8 Å². The summed E-state index contributed by atoms with van der Waals surface area (Å²) in [5.41, 5.74) is 0.536. The van der Waals surface area contributed by atoms with Crippen LogP contribution in [0.15, 0.2) is 60.3 Å². The van der Waals surface area contributed by atoms with E-state index in [1.165, 1.54) is 33.4 Å². The predicted octanol–water partition coefficient (Wildman–Crippen LogP) is 5.74. The van der Waals surface area contributed by atoms with Crippen molar-refractivity contribution in [2.45, 2.75) is 30.4 Å². The number of aromatic nitrogens is 1. The number of carbonyl (C=O) groups is 4. The number of aromatic hydroxyl groups is 1. The molecule has 7 rings (SSSR count). The van der Waals surface area contributed by atoms with Crippen molar-refractivity contribution < 1.29 is 46.9 Å². The molecule has 0 spiro atoms. The summed E-state index contributed by atoms with van der Waals surface area (Å²) in [5, 5.41) is 12.2. The van der Waals surface area contributed by atoms with Crippen molar-refractivity contribution in [3.05, 3.63) is 87.0 Å². The van der Waals surface area contributed by atoms with Crippen LogP contribution in [0.3, 0.4) is 0 Å². The quantitative estimate of drug-likeness (QED) is 0.239. The van der Waals surface area contributed by atoms with Gasteiger partial charge in [0.15, 0.2) is 5.82 Å². The van der Waals surface area contributed by atoms with E-state index in [0.29, 0.717) is 33.4 Å². The molecule has 2 saturated heterocycles. The van der Waals surface area contributed by atoms with Crippen LogP contribution in [0, 0.1) is 23.7 Å². The molecular weight excluding hydrogens is 716 g/mol. The van der Waals surface area contributed by atoms with E-state index in [2.05, 4.69) is 10.4 Å². The number of ether oxygens (including phenoxy) is 2. The Morgan fingerprint density at radius 2 is 1.69 bits per heavy atom. The van der Waals surface area contributed by atoms with Gasteiger partial charge in [0.25, 0.3) is 11.8 Å². The van der Waals surface area contributed by atoms with Crippen molar-refractivity contribution in [2.24, 2.45) is 23.7 Å². The molecule has 2 aliphatic carbocycles. The third-order valence-corrected chi connectivity index (χ3v) is 11.2. The number of likely N-dealkylation sites (tertiary alicyclic amines) is 1. The zero-order valence-corrected chi connectivity index (χ0v) is 28.6. The van der Waals surface area contributed by atoms with Crippen LogP contribution in [0.25, 0.3) is 0 Å². The maximum Gasteiger partial charge on any atom is 0.417 e. The first kappa shape index (κ1) is 34.6. The van der Waals surface area contributed by atoms with Crippen molar-refractivity contribution in [1.82, 2.24) is 14.9 Å². The van der Waals surface area contributed by atoms with Crippen molar-refractivity contribution in [1.29, 1.82) is 0 Å². The summed E-state index contributed by atoms with van der Waals surface area (Å²) in [6.07, 6.45) is -2.38. The molecule has 1 saturated carbocycles. The number of phenolic OH excluding ortho intramolecular Hbond substituents is 1. The maximum absolute atomic E-state index is 15.2. The first-order valence-corrected chi connectivity index (χ1v) is 16.5. The SMILES string of the molecule is COc1cc(O)c([C@H]2C3=CC[C@@H]4C(=O)N(C)C(=O)[C@@H]4[C@@H]3C[C@H]3C(=O)N(Nc4ncc(C(F)(F)F)cc4Cl)C(=O)[C@@]23c2ccc(Cl)cc2)c(OC)c1. The Hall–Kier alpha value is -4.82. The lowest BCUT2D eigenvalue weighted by molar-refractivity contribution is -0.140. The van der Waals surface area contributed by atoms with Crippen molar-refractivity contribution in [3.8, 4) is 17.2 Å². The van der Waals surface area contributed by atoms with E-state index in [9.17, 15) is 32.7 Å². The topological polar surface area (TPSA) is 138 Å². The highest BCUT2D eigenvalue weighted by molar-refractivity contribution is 6.33. The number of methoxy groups -OCH3 is 2. The van der Waals surface area contributed by atoms with E-state index in [0.717, 1.165) is 4.90 Å². The average Bonchev–Trinajstić information content (AvgIpc) is 3.45. The number of halogens is 5. The number of pyridine rings is 1. The second-order valence-electron chi connectivity index (χ2n) is 12.9. The molecule has 2 aliphatic heterocycles. The average molecular weight is 746 g/mol. The molecule has 51 heavy (non-hydrogen) atoms. The van der Waals surface area contributed by atoms with Crippen molar-refractivity contribution in [3.63, 3.8) is 0 Å². The summed E-state index contributed by atoms with van der Waals surface area (Å²) >= 11 is 12.5. The van der Waals surface area contributed by atoms with Crippen molar-refractivity contribution >= 4 is 52.6 Å². The number of fused-ring (bicyclic) bond motifs is 4. The number of allylic oxidation sites excluding steroid dienone is 2. The number of imide groups is 2. The summed E-state index contributed by atoms with van der Waals surface area (Å²) in [7, 11) is 4.15. The van der Waals surface area contributed by atoms with Crippen LogP contribution in [-0.4, -0.2) is 64.9 Å². The summed E-state index contributed by atoms with van der Waals surface area (Å²) in [6, 6.07) is 9.70. The number of benzene rings is 2. The number of carbonyl (C=O) groups excluding carboxylic acids is 4. The van der Waals surface area contributed by atoms with E-state index in [1.807, 2.05) is 0 Å². The Labute approximate surface area is 298 Å². The summed E-state index contributed by atoms with van der Waals surface area (Å²) in [6.45, 7) is 0. The van der Waals surface area contributed by atoms with Crippen LogP contribution in [0.4, 0.5) is 19.0 Å². The second-order valence-corrected chi connectivity index (χ2v) is 13.8. The fourth-order valence-electron chi connectivity index (χ4n) is 8.42. The molecule has 3 heterocycles. The standard InChI is InChI=1S/C35H29Cl2F3N4O7/c1-43-30(46)20-9-8-19-21(26(20)32(43)48)13-22-31(47)44(42-29-23(37)10-16(14-41-29)35(38,39)40)33(49)34(22,15-4-6-17(36)7-5-15)28(19)27-24(45)11-18(50-2)12-25(27)51-3/h4-8,10-12,14,20-22,26,28,45H,9,13H2,1-3H3,(H,41,42)/t20-,21+,22-,26-,28+,34+/m0/s1. The fourth-order valence-corrected chi connectivity index (χ4v) is 8.75. The fraction of sp³-hybridized carbons (Fsp3) is 0.343. The number of hydrogen-bond acceptors (Lipinski definition) is 9. The van der Waals surface area contributed by atoms with Crippen LogP contribution in [0.1, 0.15) is 35.4 Å². The monoisotopic (exact) mass is 744 g/mol. The van der Waals surface area contributed by atoms with E-state index in [-0.39, 0.29) is 41.6 Å². The number of nitrogens with zero attached hydrogens (tertiary/aromatic N) is 3. The highest BCUT2D eigenvalue weighted by Crippen LogP contribution is 2.66. The molecular formula is C35H29Cl2F3N4O7. The molecule has 6 atom stereocenters. The number of rotatable bonds is 6. The molecule has 3 aromatic rings. The molecule has 3 fully saturated rings. The number of phenols is 1. The Kier molecular flexibility index (Phi) is 8.25. The highest BCUT2D eigenvalue weighted by Gasteiger charge is 2.71. The molecule has 16 heteroatoms. The van der Waals surface area contributed by atoms with E-state index < -0.39 is 75.3 Å². The lowest BCUT2D eigenvalue weighted by atomic mass is 9.49. The van der Waals surface area contributed by atoms with Gasteiger partial charge in [-0.2, -0.15) is 18.2 Å². The van der Waals surface area contributed by atoms with Gasteiger partial charge in [-0.3, -0.25) is 29.5 Å². The molecule has 266 valence electrons. The lowest BCUT2D eigenvalue weighted by Crippen LogP contribution is -2.53. The van der Waals surface area contributed by atoms with Gasteiger partial charge < -0.3 is 14.6 Å². The van der Waals surface area contributed by atoms with Gasteiger partial charge in [-0.25, -0.2) is 4.98 Å². The minimum Gasteiger partial charge on any atom is -0.507 e. The minimum atomic E-state index is -4.76. The smallest absolute Gasteiger partial charge is 0.417 e. The Morgan fingerprint density at radius 3 is 2.31 bits per heavy atom. The number of anilines is 1. The highest BCUT2D eigenvalue weighted by atomic mass is 35.5. The number of nitrogens with one attached hydrogen (secondary N) is 1. The molecule has 2 aromatic carbocycles. The van der Waals surface area contributed by atoms with Gasteiger partial charge >= 0.3 is 6.18 Å². The molecule has 1 aromatic heterocycles. The largest absolute Gasteiger partial charge is 0.507 e. The van der Waals surface area contributed by atoms with E-state index in [1.54, 1.807) is 30.3 Å². The number of alkyl halides is 3. The minimum absolute atomic E-state index is 0.0743. The van der Waals surface area contributed by atoms with Gasteiger partial charge in [-0.1, -0.05) is 47.0 Å². The van der Waals surface area contributed by atoms with Gasteiger partial charge in [0.05, 0.1) is 48.0 Å². The van der Waals surface area contributed by atoms with Gasteiger partial charge in [0, 0.05) is 41.9 Å². The third kappa shape index (κ3) is 5.05. The van der Waals surface area contributed by atoms with Crippen LogP contribution in [-0.2, 0) is 30.8 Å². The summed E-state index contributed by atoms with van der Waals surface area (Å²) in [5.74, 6) is -7.57. The molecule has 11 nitrogen and oxygen atoms in total. The molecule has 0 radical (unpaired) electrons. The second kappa shape index (κ2) is 12.2. The predicted molar refractivity (Wildman–Crippen MR) is 176 cm³/mol. The van der Waals surface area contributed by atoms with Gasteiger partial charge in [-0.05, 0) is 42.5 Å². The first-order valence-electron chi connectivity index (χ1n) is 15.7. The first-order chi connectivity index (χ1) is 24.1. The molecule has 2 N–H and O–H groups in total. The van der Waals surface area contributed by atoms with Crippen LogP contribution < -0.4 is 14.9 Å². The van der Waals surface area contributed by atoms with Crippen LogP contribution in [0.2, 0.25) is 10.0 Å². The van der Waals surface area contributed by atoms with Gasteiger partial charge in [-0.15, -0.1) is 0 Å².